The highest BCUT2D eigenvalue weighted by molar-refractivity contribution is 6.30. The highest BCUT2D eigenvalue weighted by Gasteiger charge is 2.17. The Hall–Kier alpha value is -2.20. The van der Waals surface area contributed by atoms with Crippen molar-refractivity contribution < 1.29 is 9.21 Å². The fraction of sp³-hybridized carbons (Fsp3) is 0.235. The van der Waals surface area contributed by atoms with E-state index in [0.717, 1.165) is 17.5 Å². The molecule has 0 spiro atoms. The molecular weight excluding hydrogens is 300 g/mol. The molecule has 2 heterocycles. The van der Waals surface area contributed by atoms with E-state index in [1.165, 1.54) is 0 Å². The number of amides is 1. The summed E-state index contributed by atoms with van der Waals surface area (Å²) in [4.78, 5) is 12.3. The van der Waals surface area contributed by atoms with Crippen molar-refractivity contribution in [1.29, 1.82) is 0 Å². The second kappa shape index (κ2) is 6.28. The molecule has 114 valence electrons. The van der Waals surface area contributed by atoms with E-state index in [2.05, 4.69) is 5.32 Å². The molecular formula is C17H17ClN2O2. The van der Waals surface area contributed by atoms with Crippen molar-refractivity contribution in [2.24, 2.45) is 0 Å². The van der Waals surface area contributed by atoms with E-state index in [-0.39, 0.29) is 5.91 Å². The van der Waals surface area contributed by atoms with E-state index in [4.69, 9.17) is 16.0 Å². The van der Waals surface area contributed by atoms with Gasteiger partial charge in [0.2, 0.25) is 0 Å². The summed E-state index contributed by atoms with van der Waals surface area (Å²) in [5.74, 6) is -0.0877. The first-order chi connectivity index (χ1) is 10.7. The Balaban J connectivity index is 1.98. The van der Waals surface area contributed by atoms with Gasteiger partial charge in [0.1, 0.15) is 5.69 Å². The molecule has 3 aromatic rings. The van der Waals surface area contributed by atoms with Crippen LogP contribution in [0.2, 0.25) is 5.02 Å². The molecule has 2 aromatic heterocycles. The Morgan fingerprint density at radius 2 is 2.18 bits per heavy atom. The molecule has 22 heavy (non-hydrogen) atoms. The molecule has 0 saturated heterocycles. The van der Waals surface area contributed by atoms with Crippen LogP contribution in [0, 0.1) is 0 Å². The number of nitrogens with zero attached hydrogens (tertiary/aromatic N) is 1. The molecule has 0 saturated carbocycles. The molecule has 0 aliphatic rings. The second-order valence-corrected chi connectivity index (χ2v) is 5.61. The molecule has 4 nitrogen and oxygen atoms in total. The van der Waals surface area contributed by atoms with Gasteiger partial charge in [-0.15, -0.1) is 0 Å². The van der Waals surface area contributed by atoms with Gasteiger partial charge in [0, 0.05) is 30.2 Å². The first-order valence-electron chi connectivity index (χ1n) is 7.28. The Morgan fingerprint density at radius 1 is 1.32 bits per heavy atom. The maximum atomic E-state index is 12.3. The minimum Gasteiger partial charge on any atom is -0.463 e. The third kappa shape index (κ3) is 2.88. The molecule has 0 bridgehead atoms. The average molecular weight is 317 g/mol. The molecule has 1 amide bonds. The largest absolute Gasteiger partial charge is 0.463 e. The smallest absolute Gasteiger partial charge is 0.268 e. The second-order valence-electron chi connectivity index (χ2n) is 5.17. The van der Waals surface area contributed by atoms with Gasteiger partial charge in [-0.05, 0) is 24.1 Å². The summed E-state index contributed by atoms with van der Waals surface area (Å²) in [6.45, 7) is 3.25. The topological polar surface area (TPSA) is 47.2 Å². The van der Waals surface area contributed by atoms with Gasteiger partial charge in [-0.2, -0.15) is 0 Å². The molecule has 0 aliphatic carbocycles. The van der Waals surface area contributed by atoms with Crippen LogP contribution in [0.25, 0.3) is 11.1 Å². The normalized spacial score (nSPS) is 11.0. The zero-order chi connectivity index (χ0) is 15.5. The van der Waals surface area contributed by atoms with Crippen molar-refractivity contribution in [3.8, 4) is 0 Å². The molecule has 0 unspecified atom stereocenters. The molecule has 3 rings (SSSR count). The van der Waals surface area contributed by atoms with E-state index in [0.29, 0.717) is 29.4 Å². The Morgan fingerprint density at radius 3 is 2.95 bits per heavy atom. The zero-order valence-corrected chi connectivity index (χ0v) is 13.1. The van der Waals surface area contributed by atoms with Crippen molar-refractivity contribution >= 4 is 28.6 Å². The number of halogens is 1. The van der Waals surface area contributed by atoms with Crippen molar-refractivity contribution in [2.75, 3.05) is 6.54 Å². The van der Waals surface area contributed by atoms with Gasteiger partial charge >= 0.3 is 0 Å². The van der Waals surface area contributed by atoms with Crippen molar-refractivity contribution in [3.63, 3.8) is 0 Å². The molecule has 1 aromatic carbocycles. The summed E-state index contributed by atoms with van der Waals surface area (Å²) < 4.78 is 7.38. The number of nitrogens with one attached hydrogen (secondary N) is 1. The van der Waals surface area contributed by atoms with E-state index in [1.807, 2.05) is 41.8 Å². The molecule has 0 radical (unpaired) electrons. The minimum atomic E-state index is -0.0877. The summed E-state index contributed by atoms with van der Waals surface area (Å²) in [6, 6.07) is 11.3. The van der Waals surface area contributed by atoms with Crippen LogP contribution < -0.4 is 5.32 Å². The minimum absolute atomic E-state index is 0.0877. The lowest BCUT2D eigenvalue weighted by molar-refractivity contribution is 0.0945. The lowest BCUT2D eigenvalue weighted by Crippen LogP contribution is -2.26. The van der Waals surface area contributed by atoms with Gasteiger partial charge in [0.05, 0.1) is 11.8 Å². The summed E-state index contributed by atoms with van der Waals surface area (Å²) in [7, 11) is 0. The third-order valence-electron chi connectivity index (χ3n) is 3.52. The van der Waals surface area contributed by atoms with E-state index in [1.54, 1.807) is 12.3 Å². The summed E-state index contributed by atoms with van der Waals surface area (Å²) >= 11 is 6.05. The van der Waals surface area contributed by atoms with E-state index >= 15 is 0 Å². The van der Waals surface area contributed by atoms with Gasteiger partial charge in [0.25, 0.3) is 5.91 Å². The van der Waals surface area contributed by atoms with Crippen LogP contribution in [0.3, 0.4) is 0 Å². The van der Waals surface area contributed by atoms with Crippen molar-refractivity contribution in [1.82, 2.24) is 9.88 Å². The van der Waals surface area contributed by atoms with E-state index in [9.17, 15) is 4.79 Å². The van der Waals surface area contributed by atoms with Gasteiger partial charge in [-0.3, -0.25) is 4.79 Å². The maximum Gasteiger partial charge on any atom is 0.268 e. The Kier molecular flexibility index (Phi) is 4.20. The maximum absolute atomic E-state index is 12.3. The number of carbonyl (C=O) groups excluding carboxylic acids is 1. The first kappa shape index (κ1) is 14.7. The molecule has 0 fully saturated rings. The standard InChI is InChI=1S/C17H17ClN2O2/c1-2-7-19-17(21)15-10-16-14(6-8-22-16)20(15)11-12-4-3-5-13(18)9-12/h3-6,8-10H,2,7,11H2,1H3,(H,19,21). The van der Waals surface area contributed by atoms with Crippen LogP contribution in [0.1, 0.15) is 29.4 Å². The zero-order valence-electron chi connectivity index (χ0n) is 12.3. The monoisotopic (exact) mass is 316 g/mol. The predicted molar refractivity (Wildman–Crippen MR) is 87.4 cm³/mol. The van der Waals surface area contributed by atoms with Crippen molar-refractivity contribution in [3.05, 3.63) is 58.9 Å². The lowest BCUT2D eigenvalue weighted by Gasteiger charge is -2.10. The highest BCUT2D eigenvalue weighted by Crippen LogP contribution is 2.23. The van der Waals surface area contributed by atoms with Gasteiger partial charge in [-0.25, -0.2) is 0 Å². The van der Waals surface area contributed by atoms with Crippen molar-refractivity contribution in [2.45, 2.75) is 19.9 Å². The molecule has 0 atom stereocenters. The SMILES string of the molecule is CCCNC(=O)c1cc2occc2n1Cc1cccc(Cl)c1. The van der Waals surface area contributed by atoms with Gasteiger partial charge in [0.15, 0.2) is 5.58 Å². The predicted octanol–water partition coefficient (Wildman–Crippen LogP) is 4.08. The number of hydrogen-bond acceptors (Lipinski definition) is 2. The molecule has 0 aliphatic heterocycles. The quantitative estimate of drug-likeness (QED) is 0.771. The van der Waals surface area contributed by atoms with Gasteiger partial charge in [-0.1, -0.05) is 30.7 Å². The fourth-order valence-electron chi connectivity index (χ4n) is 2.48. The van der Waals surface area contributed by atoms with Crippen LogP contribution in [0.4, 0.5) is 0 Å². The number of rotatable bonds is 5. The molecule has 5 heteroatoms. The highest BCUT2D eigenvalue weighted by atomic mass is 35.5. The third-order valence-corrected chi connectivity index (χ3v) is 3.76. The van der Waals surface area contributed by atoms with Crippen LogP contribution in [-0.4, -0.2) is 17.0 Å². The number of benzene rings is 1. The summed E-state index contributed by atoms with van der Waals surface area (Å²) in [6.07, 6.45) is 2.53. The number of hydrogen-bond donors (Lipinski definition) is 1. The van der Waals surface area contributed by atoms with Crippen LogP contribution in [0.15, 0.2) is 47.1 Å². The number of carbonyl (C=O) groups is 1. The van der Waals surface area contributed by atoms with E-state index < -0.39 is 0 Å². The number of aromatic nitrogens is 1. The van der Waals surface area contributed by atoms with Gasteiger partial charge < -0.3 is 14.3 Å². The van der Waals surface area contributed by atoms with Crippen LogP contribution >= 0.6 is 11.6 Å². The average Bonchev–Trinajstić information content (AvgIpc) is 3.07. The molecule has 1 N–H and O–H groups in total. The number of fused-ring (bicyclic) bond motifs is 1. The van der Waals surface area contributed by atoms with Crippen LogP contribution in [-0.2, 0) is 6.54 Å². The summed E-state index contributed by atoms with van der Waals surface area (Å²) in [5, 5.41) is 3.59. The Labute approximate surface area is 133 Å². The first-order valence-corrected chi connectivity index (χ1v) is 7.66. The fourth-order valence-corrected chi connectivity index (χ4v) is 2.70. The van der Waals surface area contributed by atoms with Crippen LogP contribution in [0.5, 0.6) is 0 Å². The lowest BCUT2D eigenvalue weighted by atomic mass is 10.2. The Bertz CT molecular complexity index is 804. The number of furan rings is 1. The summed E-state index contributed by atoms with van der Waals surface area (Å²) in [5.41, 5.74) is 3.25.